The number of nitriles is 1. The first-order valence-electron chi connectivity index (χ1n) is 9.33. The van der Waals surface area contributed by atoms with Gasteiger partial charge in [0.2, 0.25) is 10.0 Å². The van der Waals surface area contributed by atoms with Crippen molar-refractivity contribution in [2.45, 2.75) is 24.2 Å². The SMILES string of the molecule is N#Cc1cccc(S(=O)(=O)NC[C@@H]2CCCN(CCc3ccccc3)C2)c1. The second kappa shape index (κ2) is 9.14. The van der Waals surface area contributed by atoms with Crippen LogP contribution in [0.25, 0.3) is 0 Å². The van der Waals surface area contributed by atoms with Gasteiger partial charge in [-0.1, -0.05) is 36.4 Å². The Bertz CT molecular complexity index is 891. The van der Waals surface area contributed by atoms with E-state index in [1.807, 2.05) is 12.1 Å². The Kier molecular flexibility index (Phi) is 6.62. The van der Waals surface area contributed by atoms with E-state index >= 15 is 0 Å². The molecule has 1 atom stereocenters. The van der Waals surface area contributed by atoms with Crippen LogP contribution in [0.15, 0.2) is 59.5 Å². The molecule has 27 heavy (non-hydrogen) atoms. The summed E-state index contributed by atoms with van der Waals surface area (Å²) < 4.78 is 27.7. The number of rotatable bonds is 7. The fraction of sp³-hybridized carbons (Fsp3) is 0.381. The zero-order valence-corrected chi connectivity index (χ0v) is 16.2. The predicted octanol–water partition coefficient (Wildman–Crippen LogP) is 2.79. The van der Waals surface area contributed by atoms with Gasteiger partial charge >= 0.3 is 0 Å². The average molecular weight is 384 g/mol. The van der Waals surface area contributed by atoms with Crippen LogP contribution in [0.5, 0.6) is 0 Å². The van der Waals surface area contributed by atoms with Gasteiger partial charge in [-0.15, -0.1) is 0 Å². The van der Waals surface area contributed by atoms with Gasteiger partial charge in [0.05, 0.1) is 16.5 Å². The van der Waals surface area contributed by atoms with Gasteiger partial charge in [0, 0.05) is 19.6 Å². The summed E-state index contributed by atoms with van der Waals surface area (Å²) in [6, 6.07) is 18.5. The van der Waals surface area contributed by atoms with E-state index in [9.17, 15) is 8.42 Å². The van der Waals surface area contributed by atoms with Crippen molar-refractivity contribution >= 4 is 10.0 Å². The molecule has 0 aliphatic carbocycles. The lowest BCUT2D eigenvalue weighted by Gasteiger charge is -2.32. The fourth-order valence-corrected chi connectivity index (χ4v) is 4.66. The highest BCUT2D eigenvalue weighted by atomic mass is 32.2. The van der Waals surface area contributed by atoms with Crippen LogP contribution in [0.2, 0.25) is 0 Å². The highest BCUT2D eigenvalue weighted by molar-refractivity contribution is 7.89. The molecule has 0 bridgehead atoms. The Morgan fingerprint density at radius 3 is 2.74 bits per heavy atom. The van der Waals surface area contributed by atoms with Crippen LogP contribution in [-0.2, 0) is 16.4 Å². The number of nitrogens with zero attached hydrogens (tertiary/aromatic N) is 2. The van der Waals surface area contributed by atoms with Crippen molar-refractivity contribution in [3.63, 3.8) is 0 Å². The third-order valence-corrected chi connectivity index (χ3v) is 6.42. The number of nitrogens with one attached hydrogen (secondary N) is 1. The van der Waals surface area contributed by atoms with Crippen LogP contribution in [0.3, 0.4) is 0 Å². The van der Waals surface area contributed by atoms with Crippen molar-refractivity contribution in [3.05, 3.63) is 65.7 Å². The van der Waals surface area contributed by atoms with Gasteiger partial charge in [0.1, 0.15) is 0 Å². The molecule has 0 radical (unpaired) electrons. The quantitative estimate of drug-likeness (QED) is 0.798. The Labute approximate surface area is 161 Å². The number of hydrogen-bond acceptors (Lipinski definition) is 4. The van der Waals surface area contributed by atoms with Crippen molar-refractivity contribution in [1.29, 1.82) is 5.26 Å². The van der Waals surface area contributed by atoms with E-state index in [-0.39, 0.29) is 4.90 Å². The molecule has 0 amide bonds. The van der Waals surface area contributed by atoms with Crippen LogP contribution < -0.4 is 4.72 Å². The molecule has 2 aromatic carbocycles. The molecule has 1 aliphatic rings. The molecule has 1 fully saturated rings. The third-order valence-electron chi connectivity index (χ3n) is 5.00. The Morgan fingerprint density at radius 1 is 1.15 bits per heavy atom. The van der Waals surface area contributed by atoms with Gasteiger partial charge in [-0.3, -0.25) is 0 Å². The monoisotopic (exact) mass is 383 g/mol. The van der Waals surface area contributed by atoms with Crippen molar-refractivity contribution < 1.29 is 8.42 Å². The molecule has 2 aromatic rings. The summed E-state index contributed by atoms with van der Waals surface area (Å²) in [5, 5.41) is 8.95. The Balaban J connectivity index is 1.52. The molecule has 0 spiro atoms. The number of piperidine rings is 1. The first-order valence-corrected chi connectivity index (χ1v) is 10.8. The molecule has 1 saturated heterocycles. The molecular weight excluding hydrogens is 358 g/mol. The van der Waals surface area contributed by atoms with Crippen molar-refractivity contribution in [3.8, 4) is 6.07 Å². The summed E-state index contributed by atoms with van der Waals surface area (Å²) in [5.74, 6) is 0.309. The number of likely N-dealkylation sites (tertiary alicyclic amines) is 1. The average Bonchev–Trinajstić information content (AvgIpc) is 2.72. The Morgan fingerprint density at radius 2 is 1.96 bits per heavy atom. The first kappa shape index (κ1) is 19.6. The molecule has 1 heterocycles. The molecule has 142 valence electrons. The van der Waals surface area contributed by atoms with E-state index in [2.05, 4.69) is 33.9 Å². The summed E-state index contributed by atoms with van der Waals surface area (Å²) in [6.07, 6.45) is 3.13. The minimum Gasteiger partial charge on any atom is -0.303 e. The van der Waals surface area contributed by atoms with E-state index in [4.69, 9.17) is 5.26 Å². The van der Waals surface area contributed by atoms with Gasteiger partial charge in [-0.25, -0.2) is 13.1 Å². The maximum atomic E-state index is 12.5. The van der Waals surface area contributed by atoms with Gasteiger partial charge in [0.15, 0.2) is 0 Å². The van der Waals surface area contributed by atoms with E-state index in [1.165, 1.54) is 17.7 Å². The van der Waals surface area contributed by atoms with E-state index in [1.54, 1.807) is 12.1 Å². The third kappa shape index (κ3) is 5.64. The maximum absolute atomic E-state index is 12.5. The maximum Gasteiger partial charge on any atom is 0.240 e. The van der Waals surface area contributed by atoms with Crippen molar-refractivity contribution in [1.82, 2.24) is 9.62 Å². The lowest BCUT2D eigenvalue weighted by molar-refractivity contribution is 0.178. The second-order valence-corrected chi connectivity index (χ2v) is 8.80. The minimum absolute atomic E-state index is 0.151. The van der Waals surface area contributed by atoms with Crippen LogP contribution in [0, 0.1) is 17.2 Å². The summed E-state index contributed by atoms with van der Waals surface area (Å²) in [4.78, 5) is 2.57. The highest BCUT2D eigenvalue weighted by Crippen LogP contribution is 2.18. The zero-order chi connectivity index (χ0) is 19.1. The molecular formula is C21H25N3O2S. The molecule has 0 saturated carbocycles. The minimum atomic E-state index is -3.58. The van der Waals surface area contributed by atoms with E-state index in [0.717, 1.165) is 38.9 Å². The number of hydrogen-bond donors (Lipinski definition) is 1. The Hall–Kier alpha value is -2.20. The summed E-state index contributed by atoms with van der Waals surface area (Å²) in [5.41, 5.74) is 1.68. The summed E-state index contributed by atoms with van der Waals surface area (Å²) in [7, 11) is -3.58. The smallest absolute Gasteiger partial charge is 0.240 e. The summed E-state index contributed by atoms with van der Waals surface area (Å²) in [6.45, 7) is 3.41. The highest BCUT2D eigenvalue weighted by Gasteiger charge is 2.22. The van der Waals surface area contributed by atoms with Crippen molar-refractivity contribution in [2.75, 3.05) is 26.2 Å². The van der Waals surface area contributed by atoms with Crippen LogP contribution in [0.1, 0.15) is 24.0 Å². The zero-order valence-electron chi connectivity index (χ0n) is 15.3. The molecule has 5 nitrogen and oxygen atoms in total. The molecule has 0 unspecified atom stereocenters. The molecule has 1 aliphatic heterocycles. The largest absolute Gasteiger partial charge is 0.303 e. The molecule has 1 N–H and O–H groups in total. The van der Waals surface area contributed by atoms with Crippen molar-refractivity contribution in [2.24, 2.45) is 5.92 Å². The predicted molar refractivity (Wildman–Crippen MR) is 106 cm³/mol. The van der Waals surface area contributed by atoms with Crippen LogP contribution >= 0.6 is 0 Å². The normalized spacial score (nSPS) is 18.1. The van der Waals surface area contributed by atoms with Gasteiger partial charge in [0.25, 0.3) is 0 Å². The standard InChI is InChI=1S/C21H25N3O2S/c22-15-19-8-4-10-21(14-19)27(25,26)23-16-20-9-5-12-24(17-20)13-11-18-6-2-1-3-7-18/h1-4,6-8,10,14,20,23H,5,9,11-13,16-17H2/t20-/m0/s1. The topological polar surface area (TPSA) is 73.2 Å². The van der Waals surface area contributed by atoms with E-state index < -0.39 is 10.0 Å². The summed E-state index contributed by atoms with van der Waals surface area (Å²) >= 11 is 0. The van der Waals surface area contributed by atoms with E-state index in [0.29, 0.717) is 18.0 Å². The lowest BCUT2D eigenvalue weighted by atomic mass is 9.98. The van der Waals surface area contributed by atoms with Crippen LogP contribution in [0.4, 0.5) is 0 Å². The molecule has 0 aromatic heterocycles. The molecule has 6 heteroatoms. The lowest BCUT2D eigenvalue weighted by Crippen LogP contribution is -2.41. The first-order chi connectivity index (χ1) is 13.1. The number of sulfonamides is 1. The van der Waals surface area contributed by atoms with Crippen LogP contribution in [-0.4, -0.2) is 39.5 Å². The van der Waals surface area contributed by atoms with Gasteiger partial charge < -0.3 is 4.90 Å². The molecule has 3 rings (SSSR count). The fourth-order valence-electron chi connectivity index (χ4n) is 3.50. The van der Waals surface area contributed by atoms with Gasteiger partial charge in [-0.2, -0.15) is 5.26 Å². The number of benzene rings is 2. The second-order valence-electron chi connectivity index (χ2n) is 7.04. The van der Waals surface area contributed by atoms with Gasteiger partial charge in [-0.05, 0) is 55.5 Å².